The van der Waals surface area contributed by atoms with Gasteiger partial charge in [0.1, 0.15) is 0 Å². The van der Waals surface area contributed by atoms with Gasteiger partial charge in [0.15, 0.2) is 0 Å². The van der Waals surface area contributed by atoms with E-state index in [-0.39, 0.29) is 5.91 Å². The summed E-state index contributed by atoms with van der Waals surface area (Å²) in [5, 5.41) is 12.0. The summed E-state index contributed by atoms with van der Waals surface area (Å²) in [5.74, 6) is 0.435. The number of ether oxygens (including phenoxy) is 1. The number of nitrogens with one attached hydrogen (secondary N) is 1. The molecule has 24 heavy (non-hydrogen) atoms. The number of amides is 1. The summed E-state index contributed by atoms with van der Waals surface area (Å²) in [7, 11) is 0. The van der Waals surface area contributed by atoms with Gasteiger partial charge in [0, 0.05) is 31.2 Å². The molecule has 0 spiro atoms. The van der Waals surface area contributed by atoms with Crippen molar-refractivity contribution in [2.24, 2.45) is 5.92 Å². The number of carbonyl (C=O) groups is 1. The molecule has 1 aromatic rings. The second-order valence-corrected chi connectivity index (χ2v) is 6.19. The van der Waals surface area contributed by atoms with Gasteiger partial charge in [-0.2, -0.15) is 5.26 Å². The lowest BCUT2D eigenvalue weighted by molar-refractivity contribution is 0.00191. The van der Waals surface area contributed by atoms with Crippen LogP contribution in [0.4, 0.5) is 0 Å². The zero-order chi connectivity index (χ0) is 17.4. The highest BCUT2D eigenvalue weighted by Gasteiger charge is 2.27. The first-order valence-corrected chi connectivity index (χ1v) is 8.79. The molecule has 0 aliphatic carbocycles. The number of benzene rings is 1. The van der Waals surface area contributed by atoms with Crippen molar-refractivity contribution in [2.45, 2.75) is 32.7 Å². The van der Waals surface area contributed by atoms with Gasteiger partial charge in [-0.3, -0.25) is 9.69 Å². The van der Waals surface area contributed by atoms with Crippen LogP contribution in [0.25, 0.3) is 0 Å². The molecule has 1 amide bonds. The molecule has 1 aliphatic rings. The van der Waals surface area contributed by atoms with Gasteiger partial charge in [-0.05, 0) is 24.1 Å². The maximum atomic E-state index is 12.4. The fraction of sp³-hybridized carbons (Fsp3) is 0.579. The van der Waals surface area contributed by atoms with Crippen LogP contribution in [-0.2, 0) is 4.74 Å². The molecule has 5 heteroatoms. The fourth-order valence-electron chi connectivity index (χ4n) is 3.37. The normalized spacial score (nSPS) is 16.6. The standard InChI is InChI=1S/C19H27N3O2/c1-3-16(4-2)18(22-8-10-24-11-9-22)14-21-19(23)17-7-5-6-15(12-17)13-20/h5-7,12,16,18H,3-4,8-11,14H2,1-2H3,(H,21,23). The molecule has 1 fully saturated rings. The quantitative estimate of drug-likeness (QED) is 0.834. The lowest BCUT2D eigenvalue weighted by atomic mass is 9.92. The van der Waals surface area contributed by atoms with Gasteiger partial charge >= 0.3 is 0 Å². The minimum atomic E-state index is -0.115. The molecular weight excluding hydrogens is 302 g/mol. The smallest absolute Gasteiger partial charge is 0.251 e. The maximum Gasteiger partial charge on any atom is 0.251 e. The van der Waals surface area contributed by atoms with Crippen LogP contribution in [0.3, 0.4) is 0 Å². The molecule has 1 N–H and O–H groups in total. The zero-order valence-corrected chi connectivity index (χ0v) is 14.6. The number of nitriles is 1. The van der Waals surface area contributed by atoms with Crippen molar-refractivity contribution in [2.75, 3.05) is 32.8 Å². The van der Waals surface area contributed by atoms with Gasteiger partial charge in [0.2, 0.25) is 0 Å². The Morgan fingerprint density at radius 2 is 2.04 bits per heavy atom. The predicted octanol–water partition coefficient (Wildman–Crippen LogP) is 2.43. The summed E-state index contributed by atoms with van der Waals surface area (Å²) in [6.45, 7) is 8.40. The molecule has 0 bridgehead atoms. The van der Waals surface area contributed by atoms with Crippen molar-refractivity contribution < 1.29 is 9.53 Å². The Bertz CT molecular complexity index is 572. The molecule has 5 nitrogen and oxygen atoms in total. The Morgan fingerprint density at radius 1 is 1.33 bits per heavy atom. The molecule has 0 radical (unpaired) electrons. The highest BCUT2D eigenvalue weighted by atomic mass is 16.5. The van der Waals surface area contributed by atoms with Crippen molar-refractivity contribution in [3.63, 3.8) is 0 Å². The van der Waals surface area contributed by atoms with E-state index in [1.807, 2.05) is 0 Å². The molecule has 1 unspecified atom stereocenters. The van der Waals surface area contributed by atoms with Gasteiger partial charge in [-0.1, -0.05) is 32.8 Å². The highest BCUT2D eigenvalue weighted by molar-refractivity contribution is 5.94. The van der Waals surface area contributed by atoms with Gasteiger partial charge in [0.25, 0.3) is 5.91 Å². The third-order valence-electron chi connectivity index (χ3n) is 4.83. The van der Waals surface area contributed by atoms with E-state index in [1.54, 1.807) is 24.3 Å². The summed E-state index contributed by atoms with van der Waals surface area (Å²) in [6.07, 6.45) is 2.19. The van der Waals surface area contributed by atoms with Crippen LogP contribution in [0, 0.1) is 17.2 Å². The monoisotopic (exact) mass is 329 g/mol. The van der Waals surface area contributed by atoms with Gasteiger partial charge < -0.3 is 10.1 Å². The minimum Gasteiger partial charge on any atom is -0.379 e. The number of carbonyl (C=O) groups excluding carboxylic acids is 1. The van der Waals surface area contributed by atoms with Crippen LogP contribution in [0.5, 0.6) is 0 Å². The molecule has 1 aromatic carbocycles. The van der Waals surface area contributed by atoms with E-state index in [0.29, 0.717) is 29.6 Å². The van der Waals surface area contributed by atoms with E-state index in [2.05, 4.69) is 30.1 Å². The van der Waals surface area contributed by atoms with E-state index in [9.17, 15) is 4.79 Å². The fourth-order valence-corrected chi connectivity index (χ4v) is 3.37. The summed E-state index contributed by atoms with van der Waals surface area (Å²) < 4.78 is 5.46. The number of morpholine rings is 1. The first kappa shape index (κ1) is 18.4. The number of hydrogen-bond acceptors (Lipinski definition) is 4. The first-order valence-electron chi connectivity index (χ1n) is 8.79. The largest absolute Gasteiger partial charge is 0.379 e. The van der Waals surface area contributed by atoms with Gasteiger partial charge in [-0.15, -0.1) is 0 Å². The van der Waals surface area contributed by atoms with Crippen molar-refractivity contribution in [3.05, 3.63) is 35.4 Å². The summed E-state index contributed by atoms with van der Waals surface area (Å²) in [5.41, 5.74) is 1.05. The average molecular weight is 329 g/mol. The molecule has 1 aliphatic heterocycles. The third kappa shape index (κ3) is 4.80. The minimum absolute atomic E-state index is 0.115. The molecule has 130 valence electrons. The first-order chi connectivity index (χ1) is 11.7. The Kier molecular flexibility index (Phi) is 7.23. The number of hydrogen-bond donors (Lipinski definition) is 1. The van der Waals surface area contributed by atoms with Gasteiger partial charge in [0.05, 0.1) is 24.8 Å². The van der Waals surface area contributed by atoms with Crippen LogP contribution in [0.1, 0.15) is 42.6 Å². The molecule has 1 heterocycles. The Labute approximate surface area is 144 Å². The molecular formula is C19H27N3O2. The zero-order valence-electron chi connectivity index (χ0n) is 14.6. The number of rotatable bonds is 7. The maximum absolute atomic E-state index is 12.4. The van der Waals surface area contributed by atoms with Crippen LogP contribution in [0.15, 0.2) is 24.3 Å². The van der Waals surface area contributed by atoms with E-state index < -0.39 is 0 Å². The third-order valence-corrected chi connectivity index (χ3v) is 4.83. The lowest BCUT2D eigenvalue weighted by Gasteiger charge is -2.38. The van der Waals surface area contributed by atoms with Crippen molar-refractivity contribution >= 4 is 5.91 Å². The van der Waals surface area contributed by atoms with Crippen molar-refractivity contribution in [1.82, 2.24) is 10.2 Å². The van der Waals surface area contributed by atoms with E-state index >= 15 is 0 Å². The molecule has 0 aromatic heterocycles. The second-order valence-electron chi connectivity index (χ2n) is 6.19. The summed E-state index contributed by atoms with van der Waals surface area (Å²) in [6, 6.07) is 9.23. The molecule has 1 saturated heterocycles. The van der Waals surface area contributed by atoms with Crippen molar-refractivity contribution in [3.8, 4) is 6.07 Å². The van der Waals surface area contributed by atoms with E-state index in [0.717, 1.165) is 39.1 Å². The molecule has 0 saturated carbocycles. The lowest BCUT2D eigenvalue weighted by Crippen LogP contribution is -2.52. The highest BCUT2D eigenvalue weighted by Crippen LogP contribution is 2.19. The van der Waals surface area contributed by atoms with Crippen LogP contribution < -0.4 is 5.32 Å². The molecule has 2 rings (SSSR count). The average Bonchev–Trinajstić information content (AvgIpc) is 2.65. The summed E-state index contributed by atoms with van der Waals surface area (Å²) in [4.78, 5) is 14.9. The Hall–Kier alpha value is -1.90. The Balaban J connectivity index is 2.03. The Morgan fingerprint density at radius 3 is 2.67 bits per heavy atom. The number of nitrogens with zero attached hydrogens (tertiary/aromatic N) is 2. The van der Waals surface area contributed by atoms with Gasteiger partial charge in [-0.25, -0.2) is 0 Å². The van der Waals surface area contributed by atoms with Crippen LogP contribution >= 0.6 is 0 Å². The predicted molar refractivity (Wildman–Crippen MR) is 93.7 cm³/mol. The van der Waals surface area contributed by atoms with Crippen molar-refractivity contribution in [1.29, 1.82) is 5.26 Å². The van der Waals surface area contributed by atoms with E-state index in [1.165, 1.54) is 0 Å². The summed E-state index contributed by atoms with van der Waals surface area (Å²) >= 11 is 0. The van der Waals surface area contributed by atoms with Crippen LogP contribution in [-0.4, -0.2) is 49.7 Å². The topological polar surface area (TPSA) is 65.4 Å². The molecule has 1 atom stereocenters. The van der Waals surface area contributed by atoms with E-state index in [4.69, 9.17) is 10.00 Å². The second kappa shape index (κ2) is 9.41. The van der Waals surface area contributed by atoms with Crippen LogP contribution in [0.2, 0.25) is 0 Å². The SMILES string of the molecule is CCC(CC)C(CNC(=O)c1cccc(C#N)c1)N1CCOCC1.